The minimum Gasteiger partial charge on any atom is -0.461 e. The Bertz CT molecular complexity index is 159. The first kappa shape index (κ1) is 10.2. The molecule has 2 nitrogen and oxygen atoms in total. The minimum atomic E-state index is -0.187. The minimum absolute atomic E-state index is 0. The molecular formula is C9H16O2. The molecule has 0 saturated heterocycles. The van der Waals surface area contributed by atoms with E-state index in [1.165, 1.54) is 18.9 Å². The van der Waals surface area contributed by atoms with Crippen LogP contribution < -0.4 is 0 Å². The van der Waals surface area contributed by atoms with Crippen LogP contribution in [0, 0.1) is 0 Å². The van der Waals surface area contributed by atoms with Gasteiger partial charge in [-0.3, -0.25) is 4.79 Å². The van der Waals surface area contributed by atoms with E-state index in [2.05, 4.69) is 6.08 Å². The summed E-state index contributed by atoms with van der Waals surface area (Å²) in [6.45, 7) is 1.95. The van der Waals surface area contributed by atoms with Crippen LogP contribution in [0.15, 0.2) is 11.6 Å². The van der Waals surface area contributed by atoms with Gasteiger partial charge in [0, 0.05) is 6.92 Å². The predicted octanol–water partition coefficient (Wildman–Crippen LogP) is 2.30. The van der Waals surface area contributed by atoms with Gasteiger partial charge in [-0.1, -0.05) is 13.5 Å². The summed E-state index contributed by atoms with van der Waals surface area (Å²) in [4.78, 5) is 10.4. The average Bonchev–Trinajstić information content (AvgIpc) is 2.34. The molecule has 0 aromatic carbocycles. The number of esters is 1. The van der Waals surface area contributed by atoms with Crippen LogP contribution in [-0.4, -0.2) is 12.6 Å². The Labute approximate surface area is 68.2 Å². The average molecular weight is 156 g/mol. The van der Waals surface area contributed by atoms with Crippen LogP contribution in [0.2, 0.25) is 0 Å². The SMILES string of the molecule is C.CC(=O)OCC1=CCCC1. The Morgan fingerprint density at radius 3 is 2.91 bits per heavy atom. The van der Waals surface area contributed by atoms with Crippen molar-refractivity contribution >= 4 is 5.97 Å². The molecule has 1 aliphatic carbocycles. The fourth-order valence-corrected chi connectivity index (χ4v) is 1.06. The van der Waals surface area contributed by atoms with Crippen molar-refractivity contribution < 1.29 is 9.53 Å². The third-order valence-corrected chi connectivity index (χ3v) is 1.60. The van der Waals surface area contributed by atoms with Gasteiger partial charge in [-0.25, -0.2) is 0 Å². The van der Waals surface area contributed by atoms with Crippen LogP contribution in [-0.2, 0) is 9.53 Å². The maximum atomic E-state index is 10.4. The van der Waals surface area contributed by atoms with Crippen molar-refractivity contribution in [2.45, 2.75) is 33.6 Å². The summed E-state index contributed by atoms with van der Waals surface area (Å²) in [7, 11) is 0. The quantitative estimate of drug-likeness (QED) is 0.453. The summed E-state index contributed by atoms with van der Waals surface area (Å²) in [5, 5.41) is 0. The molecule has 0 aromatic rings. The predicted molar refractivity (Wildman–Crippen MR) is 45.3 cm³/mol. The third-order valence-electron chi connectivity index (χ3n) is 1.60. The summed E-state index contributed by atoms with van der Waals surface area (Å²) in [5.41, 5.74) is 1.27. The largest absolute Gasteiger partial charge is 0.461 e. The van der Waals surface area contributed by atoms with Gasteiger partial charge in [-0.15, -0.1) is 0 Å². The molecule has 0 aromatic heterocycles. The number of carbonyl (C=O) groups excluding carboxylic acids is 1. The highest BCUT2D eigenvalue weighted by atomic mass is 16.5. The van der Waals surface area contributed by atoms with Crippen molar-refractivity contribution in [2.24, 2.45) is 0 Å². The molecule has 64 valence electrons. The van der Waals surface area contributed by atoms with Crippen molar-refractivity contribution in [3.8, 4) is 0 Å². The lowest BCUT2D eigenvalue weighted by atomic mass is 10.2. The van der Waals surface area contributed by atoms with Crippen LogP contribution in [0.3, 0.4) is 0 Å². The molecule has 0 radical (unpaired) electrons. The molecule has 0 N–H and O–H groups in total. The van der Waals surface area contributed by atoms with E-state index in [-0.39, 0.29) is 13.4 Å². The summed E-state index contributed by atoms with van der Waals surface area (Å²) >= 11 is 0. The summed E-state index contributed by atoms with van der Waals surface area (Å²) in [5.74, 6) is -0.187. The number of rotatable bonds is 2. The fraction of sp³-hybridized carbons (Fsp3) is 0.667. The molecule has 0 heterocycles. The van der Waals surface area contributed by atoms with Crippen LogP contribution in [0.5, 0.6) is 0 Å². The maximum absolute atomic E-state index is 10.4. The fourth-order valence-electron chi connectivity index (χ4n) is 1.06. The number of hydrogen-bond acceptors (Lipinski definition) is 2. The van der Waals surface area contributed by atoms with Gasteiger partial charge in [-0.05, 0) is 24.8 Å². The standard InChI is InChI=1S/C8H12O2.CH4/c1-7(9)10-6-8-4-2-3-5-8;/h4H,2-3,5-6H2,1H3;1H4. The van der Waals surface area contributed by atoms with E-state index in [9.17, 15) is 4.79 Å². The summed E-state index contributed by atoms with van der Waals surface area (Å²) < 4.78 is 4.82. The molecule has 0 spiro atoms. The topological polar surface area (TPSA) is 26.3 Å². The Balaban J connectivity index is 0.000001000. The normalized spacial score (nSPS) is 15.2. The molecular weight excluding hydrogens is 140 g/mol. The number of ether oxygens (including phenoxy) is 1. The highest BCUT2D eigenvalue weighted by Crippen LogP contribution is 2.17. The number of carbonyl (C=O) groups is 1. The Morgan fingerprint density at radius 2 is 2.45 bits per heavy atom. The Morgan fingerprint density at radius 1 is 1.73 bits per heavy atom. The van der Waals surface area contributed by atoms with E-state index in [1.54, 1.807) is 0 Å². The Hall–Kier alpha value is -0.790. The van der Waals surface area contributed by atoms with Gasteiger partial charge in [-0.2, -0.15) is 0 Å². The van der Waals surface area contributed by atoms with Gasteiger partial charge in [0.15, 0.2) is 0 Å². The van der Waals surface area contributed by atoms with Gasteiger partial charge in [0.05, 0.1) is 0 Å². The molecule has 0 atom stereocenters. The van der Waals surface area contributed by atoms with Gasteiger partial charge in [0.25, 0.3) is 0 Å². The maximum Gasteiger partial charge on any atom is 0.302 e. The second-order valence-corrected chi connectivity index (χ2v) is 2.53. The zero-order valence-corrected chi connectivity index (χ0v) is 6.22. The van der Waals surface area contributed by atoms with E-state index in [1.807, 2.05) is 0 Å². The number of hydrogen-bond donors (Lipinski definition) is 0. The van der Waals surface area contributed by atoms with Gasteiger partial charge < -0.3 is 4.74 Å². The van der Waals surface area contributed by atoms with Crippen LogP contribution in [0.25, 0.3) is 0 Å². The van der Waals surface area contributed by atoms with Gasteiger partial charge in [0.1, 0.15) is 6.61 Å². The molecule has 11 heavy (non-hydrogen) atoms. The molecule has 0 unspecified atom stereocenters. The number of allylic oxidation sites excluding steroid dienone is 1. The van der Waals surface area contributed by atoms with Crippen LogP contribution in [0.1, 0.15) is 33.6 Å². The molecule has 0 bridgehead atoms. The first-order chi connectivity index (χ1) is 4.79. The van der Waals surface area contributed by atoms with Crippen molar-refractivity contribution in [2.75, 3.05) is 6.61 Å². The Kier molecular flexibility index (Phi) is 4.59. The van der Waals surface area contributed by atoms with Crippen molar-refractivity contribution in [1.29, 1.82) is 0 Å². The molecule has 0 fully saturated rings. The van der Waals surface area contributed by atoms with E-state index >= 15 is 0 Å². The van der Waals surface area contributed by atoms with Crippen molar-refractivity contribution in [3.63, 3.8) is 0 Å². The van der Waals surface area contributed by atoms with E-state index in [0.29, 0.717) is 6.61 Å². The van der Waals surface area contributed by atoms with Gasteiger partial charge in [0.2, 0.25) is 0 Å². The molecule has 2 heteroatoms. The summed E-state index contributed by atoms with van der Waals surface area (Å²) in [6, 6.07) is 0. The van der Waals surface area contributed by atoms with Gasteiger partial charge >= 0.3 is 5.97 Å². The molecule has 1 rings (SSSR count). The lowest BCUT2D eigenvalue weighted by Crippen LogP contribution is -2.01. The van der Waals surface area contributed by atoms with Crippen molar-refractivity contribution in [3.05, 3.63) is 11.6 Å². The van der Waals surface area contributed by atoms with Crippen LogP contribution >= 0.6 is 0 Å². The molecule has 0 aliphatic heterocycles. The second-order valence-electron chi connectivity index (χ2n) is 2.53. The molecule has 0 amide bonds. The van der Waals surface area contributed by atoms with E-state index < -0.39 is 0 Å². The highest BCUT2D eigenvalue weighted by molar-refractivity contribution is 5.66. The van der Waals surface area contributed by atoms with E-state index in [0.717, 1.165) is 12.8 Å². The first-order valence-electron chi connectivity index (χ1n) is 3.60. The smallest absolute Gasteiger partial charge is 0.302 e. The lowest BCUT2D eigenvalue weighted by Gasteiger charge is -2.00. The zero-order chi connectivity index (χ0) is 7.40. The van der Waals surface area contributed by atoms with E-state index in [4.69, 9.17) is 4.74 Å². The zero-order valence-electron chi connectivity index (χ0n) is 6.22. The second kappa shape index (κ2) is 4.94. The lowest BCUT2D eigenvalue weighted by molar-refractivity contribution is -0.140. The van der Waals surface area contributed by atoms with Crippen LogP contribution in [0.4, 0.5) is 0 Å². The molecule has 0 saturated carbocycles. The van der Waals surface area contributed by atoms with Crippen molar-refractivity contribution in [1.82, 2.24) is 0 Å². The highest BCUT2D eigenvalue weighted by Gasteiger charge is 2.04. The summed E-state index contributed by atoms with van der Waals surface area (Å²) in [6.07, 6.45) is 5.63. The monoisotopic (exact) mass is 156 g/mol. The molecule has 1 aliphatic rings. The third kappa shape index (κ3) is 3.81. The first-order valence-corrected chi connectivity index (χ1v) is 3.60.